The van der Waals surface area contributed by atoms with E-state index >= 15 is 0 Å². The number of nitrogens with one attached hydrogen (secondary N) is 1. The Morgan fingerprint density at radius 1 is 1.44 bits per heavy atom. The van der Waals surface area contributed by atoms with Gasteiger partial charge in [-0.3, -0.25) is 14.4 Å². The Balaban J connectivity index is 2.42. The Morgan fingerprint density at radius 2 is 2.11 bits per heavy atom. The number of benzene rings is 1. The maximum Gasteiger partial charge on any atom is 0.249 e. The van der Waals surface area contributed by atoms with Gasteiger partial charge in [0.1, 0.15) is 12.1 Å². The molecule has 0 radical (unpaired) electrons. The van der Waals surface area contributed by atoms with E-state index in [2.05, 4.69) is 5.32 Å². The maximum atomic E-state index is 13.2. The number of carbonyl (C=O) groups excluding carboxylic acids is 3. The van der Waals surface area contributed by atoms with Crippen molar-refractivity contribution < 1.29 is 30.5 Å². The second-order valence-corrected chi connectivity index (χ2v) is 6.62. The number of aliphatic hydroxyl groups is 1. The molecule has 2 N–H and O–H groups in total. The lowest BCUT2D eigenvalue weighted by Crippen LogP contribution is -2.44. The Hall–Kier alpha value is -2.21. The third-order valence-electron chi connectivity index (χ3n) is 4.50. The highest BCUT2D eigenvalue weighted by atomic mass is 16.3. The van der Waals surface area contributed by atoms with Gasteiger partial charge in [0.2, 0.25) is 11.8 Å². The molecular weight excluding hydrogens is 344 g/mol. The number of fused-ring (bicyclic) bond motifs is 1. The average molecular weight is 383 g/mol. The smallest absolute Gasteiger partial charge is 0.249 e. The first-order chi connectivity index (χ1) is 15.5. The summed E-state index contributed by atoms with van der Waals surface area (Å²) in [7, 11) is 1.31. The second kappa shape index (κ2) is 8.65. The van der Waals surface area contributed by atoms with E-state index in [1.807, 2.05) is 0 Å². The van der Waals surface area contributed by atoms with Gasteiger partial charge < -0.3 is 15.3 Å². The number of Topliss-reactive ketones (excluding diaryl/α,β-unsaturated/α-hetero) is 1. The highest BCUT2D eigenvalue weighted by Crippen LogP contribution is 2.27. The molecule has 2 amide bonds. The first kappa shape index (κ1) is 12.3. The molecule has 1 aromatic carbocycles. The predicted molar refractivity (Wildman–Crippen MR) is 103 cm³/mol. The van der Waals surface area contributed by atoms with Gasteiger partial charge in [0.15, 0.2) is 5.78 Å². The van der Waals surface area contributed by atoms with Crippen molar-refractivity contribution in [3.63, 3.8) is 0 Å². The second-order valence-electron chi connectivity index (χ2n) is 6.62. The molecule has 0 spiro atoms. The van der Waals surface area contributed by atoms with E-state index < -0.39 is 60.8 Å². The standard InChI is InChI=1S/C21H30N2O4/c1-12(2)19(25)17(24)10-13(3)20(26)22-18-16-9-7-6-8-15(16)11-14(4)23(5)21(18)27/h6-9,12-14,18-19,25H,10-11H2,1-5H3,(H,22,26)/t13-,14?,18+,19+/m1/s1/i1D3,12D,13D,14D,18D,19D/t12?,13-,14?,18+,19+. The van der Waals surface area contributed by atoms with Crippen LogP contribution >= 0.6 is 0 Å². The van der Waals surface area contributed by atoms with Crippen LogP contribution < -0.4 is 5.32 Å². The lowest BCUT2D eigenvalue weighted by atomic mass is 9.94. The van der Waals surface area contributed by atoms with Crippen molar-refractivity contribution >= 4 is 17.6 Å². The molecule has 2 rings (SSSR count). The minimum absolute atomic E-state index is 0.0572. The molecule has 2 unspecified atom stereocenters. The molecule has 0 aromatic heterocycles. The van der Waals surface area contributed by atoms with Crippen molar-refractivity contribution in [1.29, 1.82) is 0 Å². The summed E-state index contributed by atoms with van der Waals surface area (Å²) in [5, 5.41) is 12.5. The van der Waals surface area contributed by atoms with Crippen molar-refractivity contribution in [2.45, 2.75) is 58.6 Å². The number of ketones is 1. The molecule has 0 saturated carbocycles. The van der Waals surface area contributed by atoms with Crippen LogP contribution in [-0.4, -0.2) is 46.7 Å². The zero-order valence-electron chi connectivity index (χ0n) is 23.8. The summed E-state index contributed by atoms with van der Waals surface area (Å²) in [4.78, 5) is 40.0. The fourth-order valence-corrected chi connectivity index (χ4v) is 2.72. The topological polar surface area (TPSA) is 86.7 Å². The van der Waals surface area contributed by atoms with Crippen molar-refractivity contribution in [3.05, 3.63) is 35.4 Å². The summed E-state index contributed by atoms with van der Waals surface area (Å²) in [5.41, 5.74) is 0.533. The quantitative estimate of drug-likeness (QED) is 0.786. The molecule has 1 aliphatic rings. The van der Waals surface area contributed by atoms with Crippen molar-refractivity contribution in [3.8, 4) is 0 Å². The molecule has 1 aliphatic heterocycles. The molecule has 27 heavy (non-hydrogen) atoms. The number of hydrogen-bond donors (Lipinski definition) is 2. The number of amides is 2. The third-order valence-corrected chi connectivity index (χ3v) is 4.50. The Morgan fingerprint density at radius 3 is 2.78 bits per heavy atom. The van der Waals surface area contributed by atoms with Crippen LogP contribution in [0.3, 0.4) is 0 Å². The van der Waals surface area contributed by atoms with Gasteiger partial charge in [0.05, 0.1) is 4.11 Å². The summed E-state index contributed by atoms with van der Waals surface area (Å²) in [5.74, 6) is -9.19. The van der Waals surface area contributed by atoms with Crippen molar-refractivity contribution in [1.82, 2.24) is 10.2 Å². The minimum atomic E-state index is -3.47. The zero-order chi connectivity index (χ0) is 27.4. The van der Waals surface area contributed by atoms with Gasteiger partial charge in [0, 0.05) is 32.2 Å². The highest BCUT2D eigenvalue weighted by Gasteiger charge is 2.34. The molecule has 6 heteroatoms. The summed E-state index contributed by atoms with van der Waals surface area (Å²) in [6, 6.07) is 2.34. The molecule has 0 saturated heterocycles. The summed E-state index contributed by atoms with van der Waals surface area (Å²) in [6.45, 7) is -0.128. The molecular formula is C21H30N2O4. The monoisotopic (exact) mass is 382 g/mol. The van der Waals surface area contributed by atoms with Gasteiger partial charge in [-0.2, -0.15) is 0 Å². The first-order valence-electron chi connectivity index (χ1n) is 12.5. The number of hydrogen-bond acceptors (Lipinski definition) is 4. The Kier molecular flexibility index (Phi) is 3.94. The van der Waals surface area contributed by atoms with Gasteiger partial charge in [-0.05, 0) is 30.4 Å². The van der Waals surface area contributed by atoms with E-state index in [0.717, 1.165) is 11.8 Å². The maximum absolute atomic E-state index is 13.2. The van der Waals surface area contributed by atoms with Crippen LogP contribution in [0.5, 0.6) is 0 Å². The summed E-state index contributed by atoms with van der Waals surface area (Å²) < 4.78 is 63.6. The van der Waals surface area contributed by atoms with Crippen molar-refractivity contribution in [2.75, 3.05) is 7.05 Å². The van der Waals surface area contributed by atoms with Crippen LogP contribution in [-0.2, 0) is 20.8 Å². The van der Waals surface area contributed by atoms with E-state index in [1.165, 1.54) is 20.0 Å². The molecule has 1 aromatic rings. The summed E-state index contributed by atoms with van der Waals surface area (Å²) >= 11 is 0. The first-order valence-corrected chi connectivity index (χ1v) is 8.47. The fourth-order valence-electron chi connectivity index (χ4n) is 2.72. The summed E-state index contributed by atoms with van der Waals surface area (Å²) in [6.07, 6.45) is -4.58. The van der Waals surface area contributed by atoms with E-state index in [-0.39, 0.29) is 12.0 Å². The highest BCUT2D eigenvalue weighted by molar-refractivity contribution is 5.93. The van der Waals surface area contributed by atoms with E-state index in [1.54, 1.807) is 18.2 Å². The van der Waals surface area contributed by atoms with E-state index in [0.29, 0.717) is 12.5 Å². The van der Waals surface area contributed by atoms with Crippen molar-refractivity contribution in [2.24, 2.45) is 11.8 Å². The minimum Gasteiger partial charge on any atom is -0.385 e. The number of likely N-dealkylation sites (N-methyl/N-ethyl adjacent to an activating group) is 1. The van der Waals surface area contributed by atoms with Crippen LogP contribution in [0.15, 0.2) is 24.3 Å². The number of rotatable bonds is 6. The lowest BCUT2D eigenvalue weighted by molar-refractivity contribution is -0.138. The molecule has 0 aliphatic carbocycles. The van der Waals surface area contributed by atoms with Gasteiger partial charge in [0.25, 0.3) is 0 Å². The van der Waals surface area contributed by atoms with Crippen LogP contribution in [0.4, 0.5) is 0 Å². The predicted octanol–water partition coefficient (Wildman–Crippen LogP) is 1.86. The Bertz CT molecular complexity index is 1040. The SMILES string of the molecule is [2H]C1(C)Cc2ccccc2[C@]([2H])(NC(=O)[C@]([2H])(C)CC(=O)[C@@]([2H])(O)C([2H])(C)C([2H])([2H])[2H])C(=O)N1C. The van der Waals surface area contributed by atoms with E-state index in [9.17, 15) is 19.5 Å². The number of carbonyl (C=O) groups is 3. The lowest BCUT2D eigenvalue weighted by Gasteiger charge is -2.26. The average Bonchev–Trinajstić information content (AvgIpc) is 2.75. The molecule has 0 fully saturated rings. The Labute approximate surface area is 172 Å². The fraction of sp³-hybridized carbons (Fsp3) is 0.571. The normalized spacial score (nSPS) is 36.8. The van der Waals surface area contributed by atoms with E-state index in [4.69, 9.17) is 11.0 Å². The van der Waals surface area contributed by atoms with Gasteiger partial charge in [-0.1, -0.05) is 45.0 Å². The zero-order valence-corrected chi connectivity index (χ0v) is 15.8. The van der Waals surface area contributed by atoms with Gasteiger partial charge >= 0.3 is 0 Å². The third kappa shape index (κ3) is 4.75. The van der Waals surface area contributed by atoms with Crippen LogP contribution in [0, 0.1) is 11.8 Å². The molecule has 148 valence electrons. The molecule has 5 atom stereocenters. The molecule has 6 nitrogen and oxygen atoms in total. The number of nitrogens with zero attached hydrogens (tertiary/aromatic N) is 1. The largest absolute Gasteiger partial charge is 0.385 e. The van der Waals surface area contributed by atoms with Crippen LogP contribution in [0.1, 0.15) is 62.2 Å². The molecule has 0 bridgehead atoms. The molecule has 1 heterocycles. The van der Waals surface area contributed by atoms with Crippen LogP contribution in [0.25, 0.3) is 0 Å². The van der Waals surface area contributed by atoms with Gasteiger partial charge in [-0.15, -0.1) is 0 Å². The van der Waals surface area contributed by atoms with Gasteiger partial charge in [-0.25, -0.2) is 0 Å². The van der Waals surface area contributed by atoms with Crippen LogP contribution in [0.2, 0.25) is 0 Å².